The molecule has 0 radical (unpaired) electrons. The Kier molecular flexibility index (Phi) is 3.14. The molecule has 100 valence electrons. The third-order valence-electron chi connectivity index (χ3n) is 3.07. The van der Waals surface area contributed by atoms with Gasteiger partial charge in [-0.3, -0.25) is 14.9 Å². The van der Waals surface area contributed by atoms with Crippen molar-refractivity contribution in [2.24, 2.45) is 0 Å². The van der Waals surface area contributed by atoms with Gasteiger partial charge in [0, 0.05) is 0 Å². The van der Waals surface area contributed by atoms with Gasteiger partial charge in [-0.15, -0.1) is 0 Å². The van der Waals surface area contributed by atoms with E-state index in [2.05, 4.69) is 5.32 Å². The zero-order valence-electron chi connectivity index (χ0n) is 9.66. The molecule has 0 aromatic heterocycles. The van der Waals surface area contributed by atoms with E-state index in [0.717, 1.165) is 30.2 Å². The average Bonchev–Trinajstić information content (AvgIpc) is 2.70. The molecular formula is C12H9ClFNO3S. The third-order valence-corrected chi connectivity index (χ3v) is 4.35. The maximum atomic E-state index is 14.2. The molecule has 0 bridgehead atoms. The van der Waals surface area contributed by atoms with E-state index in [-0.39, 0.29) is 10.6 Å². The Bertz CT molecular complexity index is 593. The summed E-state index contributed by atoms with van der Waals surface area (Å²) in [6, 6.07) is 1.52. The highest BCUT2D eigenvalue weighted by Gasteiger charge is 2.39. The van der Waals surface area contributed by atoms with Crippen LogP contribution in [0.2, 0.25) is 5.02 Å². The molecule has 0 spiro atoms. The highest BCUT2D eigenvalue weighted by Crippen LogP contribution is 2.45. The second-order valence-corrected chi connectivity index (χ2v) is 5.79. The SMILES string of the molecule is O=C1NC(=O)C(c2c(F)c(Cl)cc3c2OCCC3)S1. The predicted octanol–water partition coefficient (Wildman–Crippen LogP) is 2.83. The lowest BCUT2D eigenvalue weighted by atomic mass is 9.99. The van der Waals surface area contributed by atoms with Crippen LogP contribution in [0.15, 0.2) is 6.07 Å². The summed E-state index contributed by atoms with van der Waals surface area (Å²) in [6.07, 6.45) is 1.53. The van der Waals surface area contributed by atoms with E-state index >= 15 is 0 Å². The fourth-order valence-corrected chi connectivity index (χ4v) is 3.36. The zero-order valence-corrected chi connectivity index (χ0v) is 11.2. The first-order valence-electron chi connectivity index (χ1n) is 5.73. The lowest BCUT2D eigenvalue weighted by Gasteiger charge is -2.23. The molecule has 19 heavy (non-hydrogen) atoms. The molecule has 1 aromatic carbocycles. The smallest absolute Gasteiger partial charge is 0.286 e. The number of rotatable bonds is 1. The van der Waals surface area contributed by atoms with Gasteiger partial charge in [0.1, 0.15) is 16.8 Å². The van der Waals surface area contributed by atoms with Crippen molar-refractivity contribution >= 4 is 34.5 Å². The molecule has 1 atom stereocenters. The first kappa shape index (κ1) is 12.7. The standard InChI is InChI=1S/C12H9ClFNO3S/c13-6-4-5-2-1-3-18-9(5)7(8(6)14)10-11(16)15-12(17)19-10/h4,10H,1-3H2,(H,15,16,17). The summed E-state index contributed by atoms with van der Waals surface area (Å²) in [4.78, 5) is 23.0. The number of fused-ring (bicyclic) bond motifs is 1. The summed E-state index contributed by atoms with van der Waals surface area (Å²) in [6.45, 7) is 0.466. The minimum atomic E-state index is -0.932. The van der Waals surface area contributed by atoms with E-state index in [1.807, 2.05) is 0 Å². The molecule has 1 aromatic rings. The topological polar surface area (TPSA) is 55.4 Å². The molecule has 2 heterocycles. The monoisotopic (exact) mass is 301 g/mol. The lowest BCUT2D eigenvalue weighted by molar-refractivity contribution is -0.119. The Labute approximate surface area is 117 Å². The summed E-state index contributed by atoms with van der Waals surface area (Å²) in [5, 5.41) is 0.670. The van der Waals surface area contributed by atoms with Crippen molar-refractivity contribution < 1.29 is 18.7 Å². The number of hydrogen-bond donors (Lipinski definition) is 1. The molecule has 3 rings (SSSR count). The Morgan fingerprint density at radius 3 is 2.95 bits per heavy atom. The van der Waals surface area contributed by atoms with Crippen molar-refractivity contribution in [3.8, 4) is 5.75 Å². The van der Waals surface area contributed by atoms with Crippen LogP contribution < -0.4 is 10.1 Å². The number of aryl methyl sites for hydroxylation is 1. The fraction of sp³-hybridized carbons (Fsp3) is 0.333. The van der Waals surface area contributed by atoms with Gasteiger partial charge in [-0.25, -0.2) is 4.39 Å². The number of ether oxygens (including phenoxy) is 1. The summed E-state index contributed by atoms with van der Waals surface area (Å²) in [5.74, 6) is -0.868. The summed E-state index contributed by atoms with van der Waals surface area (Å²) in [5.41, 5.74) is 0.857. The van der Waals surface area contributed by atoms with Gasteiger partial charge >= 0.3 is 0 Å². The van der Waals surface area contributed by atoms with Gasteiger partial charge in [0.05, 0.1) is 17.2 Å². The molecule has 1 unspecified atom stereocenters. The Hall–Kier alpha value is -1.27. The maximum Gasteiger partial charge on any atom is 0.286 e. The lowest BCUT2D eigenvalue weighted by Crippen LogP contribution is -2.22. The van der Waals surface area contributed by atoms with Crippen LogP contribution in [0.5, 0.6) is 5.75 Å². The molecule has 0 saturated carbocycles. The second kappa shape index (κ2) is 4.68. The summed E-state index contributed by atoms with van der Waals surface area (Å²) in [7, 11) is 0. The molecule has 1 N–H and O–H groups in total. The molecule has 1 saturated heterocycles. The van der Waals surface area contributed by atoms with Gasteiger partial charge < -0.3 is 4.74 Å². The third kappa shape index (κ3) is 2.08. The van der Waals surface area contributed by atoms with Gasteiger partial charge in [-0.1, -0.05) is 11.6 Å². The highest BCUT2D eigenvalue weighted by atomic mass is 35.5. The van der Waals surface area contributed by atoms with E-state index in [1.54, 1.807) is 0 Å². The molecular weight excluding hydrogens is 293 g/mol. The number of benzene rings is 1. The molecule has 0 aliphatic carbocycles. The van der Waals surface area contributed by atoms with Crippen molar-refractivity contribution in [1.82, 2.24) is 5.32 Å². The van der Waals surface area contributed by atoms with Crippen molar-refractivity contribution in [2.75, 3.05) is 6.61 Å². The highest BCUT2D eigenvalue weighted by molar-refractivity contribution is 8.15. The van der Waals surface area contributed by atoms with Gasteiger partial charge in [0.15, 0.2) is 0 Å². The summed E-state index contributed by atoms with van der Waals surface area (Å²) >= 11 is 6.60. The van der Waals surface area contributed by atoms with Crippen LogP contribution in [-0.4, -0.2) is 17.8 Å². The number of imide groups is 1. The number of halogens is 2. The Balaban J connectivity index is 2.16. The Morgan fingerprint density at radius 1 is 1.47 bits per heavy atom. The quantitative estimate of drug-likeness (QED) is 0.866. The molecule has 7 heteroatoms. The molecule has 4 nitrogen and oxygen atoms in total. The van der Waals surface area contributed by atoms with Crippen molar-refractivity contribution in [2.45, 2.75) is 18.1 Å². The molecule has 2 amide bonds. The largest absolute Gasteiger partial charge is 0.493 e. The minimum Gasteiger partial charge on any atom is -0.493 e. The van der Waals surface area contributed by atoms with Crippen LogP contribution in [-0.2, 0) is 11.2 Å². The van der Waals surface area contributed by atoms with Crippen LogP contribution >= 0.6 is 23.4 Å². The second-order valence-electron chi connectivity index (χ2n) is 4.30. The van der Waals surface area contributed by atoms with Gasteiger partial charge in [-0.2, -0.15) is 0 Å². The van der Waals surface area contributed by atoms with Crippen LogP contribution in [0.1, 0.15) is 22.8 Å². The number of hydrogen-bond acceptors (Lipinski definition) is 4. The van der Waals surface area contributed by atoms with Crippen LogP contribution in [0, 0.1) is 5.82 Å². The van der Waals surface area contributed by atoms with Gasteiger partial charge in [-0.05, 0) is 36.2 Å². The zero-order chi connectivity index (χ0) is 13.6. The van der Waals surface area contributed by atoms with E-state index in [1.165, 1.54) is 6.07 Å². The Morgan fingerprint density at radius 2 is 2.26 bits per heavy atom. The number of carbonyl (C=O) groups excluding carboxylic acids is 2. The number of amides is 2. The number of thioether (sulfide) groups is 1. The first-order valence-corrected chi connectivity index (χ1v) is 6.98. The van der Waals surface area contributed by atoms with Gasteiger partial charge in [0.2, 0.25) is 5.91 Å². The van der Waals surface area contributed by atoms with E-state index in [9.17, 15) is 14.0 Å². The van der Waals surface area contributed by atoms with Crippen molar-refractivity contribution in [3.63, 3.8) is 0 Å². The molecule has 1 fully saturated rings. The van der Waals surface area contributed by atoms with E-state index in [0.29, 0.717) is 12.4 Å². The molecule has 2 aliphatic rings. The fourth-order valence-electron chi connectivity index (χ4n) is 2.26. The number of carbonyl (C=O) groups is 2. The van der Waals surface area contributed by atoms with Crippen LogP contribution in [0.3, 0.4) is 0 Å². The van der Waals surface area contributed by atoms with E-state index in [4.69, 9.17) is 16.3 Å². The molecule has 2 aliphatic heterocycles. The van der Waals surface area contributed by atoms with Crippen molar-refractivity contribution in [1.29, 1.82) is 0 Å². The maximum absolute atomic E-state index is 14.2. The summed E-state index contributed by atoms with van der Waals surface area (Å²) < 4.78 is 19.7. The number of nitrogens with one attached hydrogen (secondary N) is 1. The van der Waals surface area contributed by atoms with Crippen LogP contribution in [0.25, 0.3) is 0 Å². The average molecular weight is 302 g/mol. The first-order chi connectivity index (χ1) is 9.08. The van der Waals surface area contributed by atoms with Gasteiger partial charge in [0.25, 0.3) is 5.24 Å². The van der Waals surface area contributed by atoms with Crippen LogP contribution in [0.4, 0.5) is 9.18 Å². The minimum absolute atomic E-state index is 0.0491. The van der Waals surface area contributed by atoms with E-state index < -0.39 is 22.2 Å². The van der Waals surface area contributed by atoms with Crippen molar-refractivity contribution in [3.05, 3.63) is 28.0 Å². The normalized spacial score (nSPS) is 21.9. The predicted molar refractivity (Wildman–Crippen MR) is 69.1 cm³/mol.